The van der Waals surface area contributed by atoms with E-state index in [4.69, 9.17) is 9.84 Å². The second-order valence-electron chi connectivity index (χ2n) is 7.85. The van der Waals surface area contributed by atoms with E-state index in [1.165, 1.54) is 23.4 Å². The molecule has 0 spiro atoms. The minimum atomic E-state index is 0.613. The summed E-state index contributed by atoms with van der Waals surface area (Å²) in [5.74, 6) is 1.81. The Bertz CT molecular complexity index is 945. The molecule has 2 aliphatic rings. The number of rotatable bonds is 4. The molecular formula is C23H27N5O. The lowest BCUT2D eigenvalue weighted by Gasteiger charge is -2.41. The molecule has 1 unspecified atom stereocenters. The fourth-order valence-electron chi connectivity index (χ4n) is 4.54. The second kappa shape index (κ2) is 7.87. The lowest BCUT2D eigenvalue weighted by molar-refractivity contribution is 0.169. The summed E-state index contributed by atoms with van der Waals surface area (Å²) in [7, 11) is 1.71. The van der Waals surface area contributed by atoms with E-state index in [0.717, 1.165) is 50.6 Å². The minimum Gasteiger partial charge on any atom is -0.497 e. The monoisotopic (exact) mass is 389 g/mol. The fraction of sp³-hybridized carbons (Fsp3) is 0.391. The van der Waals surface area contributed by atoms with Crippen LogP contribution in [0.3, 0.4) is 0 Å². The molecule has 1 aliphatic heterocycles. The molecule has 1 saturated heterocycles. The molecule has 1 atom stereocenters. The van der Waals surface area contributed by atoms with Gasteiger partial charge in [-0.1, -0.05) is 6.07 Å². The molecule has 0 amide bonds. The maximum absolute atomic E-state index is 5.27. The van der Waals surface area contributed by atoms with Crippen molar-refractivity contribution in [2.24, 2.45) is 0 Å². The third-order valence-electron chi connectivity index (χ3n) is 6.20. The molecule has 29 heavy (non-hydrogen) atoms. The van der Waals surface area contributed by atoms with E-state index in [1.54, 1.807) is 7.11 Å². The predicted octanol–water partition coefficient (Wildman–Crippen LogP) is 2.96. The molecule has 6 heteroatoms. The zero-order valence-electron chi connectivity index (χ0n) is 16.9. The number of methoxy groups -OCH3 is 1. The maximum Gasteiger partial charge on any atom is 0.153 e. The average molecular weight is 390 g/mol. The number of hydrogen-bond donors (Lipinski definition) is 0. The van der Waals surface area contributed by atoms with E-state index in [9.17, 15) is 0 Å². The van der Waals surface area contributed by atoms with Crippen molar-refractivity contribution < 1.29 is 4.74 Å². The van der Waals surface area contributed by atoms with Gasteiger partial charge in [0.05, 0.1) is 12.8 Å². The molecule has 1 aromatic carbocycles. The molecule has 0 N–H and O–H groups in total. The van der Waals surface area contributed by atoms with Crippen LogP contribution in [-0.2, 0) is 12.8 Å². The van der Waals surface area contributed by atoms with E-state index < -0.39 is 0 Å². The first-order valence-corrected chi connectivity index (χ1v) is 10.4. The van der Waals surface area contributed by atoms with Gasteiger partial charge in [-0.15, -0.1) is 0 Å². The number of piperazine rings is 1. The van der Waals surface area contributed by atoms with Crippen molar-refractivity contribution >= 4 is 5.69 Å². The summed E-state index contributed by atoms with van der Waals surface area (Å²) in [6.45, 7) is 4.37. The van der Waals surface area contributed by atoms with Gasteiger partial charge in [0, 0.05) is 50.3 Å². The molecule has 3 aromatic rings. The van der Waals surface area contributed by atoms with Crippen molar-refractivity contribution in [3.05, 3.63) is 66.1 Å². The Balaban J connectivity index is 1.22. The number of pyridine rings is 1. The first-order chi connectivity index (χ1) is 14.3. The Morgan fingerprint density at radius 3 is 2.55 bits per heavy atom. The summed E-state index contributed by atoms with van der Waals surface area (Å²) in [6, 6.07) is 15.0. The smallest absolute Gasteiger partial charge is 0.153 e. The van der Waals surface area contributed by atoms with Crippen LogP contribution >= 0.6 is 0 Å². The van der Waals surface area contributed by atoms with Crippen LogP contribution in [0.1, 0.15) is 17.7 Å². The van der Waals surface area contributed by atoms with Crippen molar-refractivity contribution in [3.63, 3.8) is 0 Å². The first-order valence-electron chi connectivity index (χ1n) is 10.4. The zero-order chi connectivity index (χ0) is 19.6. The van der Waals surface area contributed by atoms with Gasteiger partial charge >= 0.3 is 0 Å². The van der Waals surface area contributed by atoms with Crippen LogP contribution in [0.4, 0.5) is 5.69 Å². The van der Waals surface area contributed by atoms with Crippen molar-refractivity contribution in [2.75, 3.05) is 38.2 Å². The van der Waals surface area contributed by atoms with E-state index in [0.29, 0.717) is 6.04 Å². The number of hydrogen-bond acceptors (Lipinski definition) is 5. The highest BCUT2D eigenvalue weighted by Gasteiger charge is 2.29. The van der Waals surface area contributed by atoms with Crippen LogP contribution in [0, 0.1) is 0 Å². The summed E-state index contributed by atoms with van der Waals surface area (Å²) in [5, 5.41) is 4.78. The maximum atomic E-state index is 5.27. The quantitative estimate of drug-likeness (QED) is 0.687. The molecule has 1 fully saturated rings. The minimum absolute atomic E-state index is 0.613. The predicted molar refractivity (Wildman–Crippen MR) is 114 cm³/mol. The zero-order valence-corrected chi connectivity index (χ0v) is 16.9. The van der Waals surface area contributed by atoms with Crippen molar-refractivity contribution in [1.29, 1.82) is 0 Å². The Morgan fingerprint density at radius 2 is 1.83 bits per heavy atom. The van der Waals surface area contributed by atoms with Crippen LogP contribution in [0.15, 0.2) is 54.9 Å². The fourth-order valence-corrected chi connectivity index (χ4v) is 4.54. The van der Waals surface area contributed by atoms with E-state index in [-0.39, 0.29) is 0 Å². The van der Waals surface area contributed by atoms with Gasteiger partial charge in [-0.3, -0.25) is 4.90 Å². The number of aromatic nitrogens is 3. The lowest BCUT2D eigenvalue weighted by Crippen LogP contribution is -2.51. The van der Waals surface area contributed by atoms with Crippen LogP contribution in [0.5, 0.6) is 5.75 Å². The number of nitrogens with zero attached hydrogens (tertiary/aromatic N) is 5. The Hall–Kier alpha value is -2.86. The summed E-state index contributed by atoms with van der Waals surface area (Å²) < 4.78 is 7.21. The normalized spacial score (nSPS) is 19.8. The summed E-state index contributed by atoms with van der Waals surface area (Å²) in [6.07, 6.45) is 7.33. The standard InChI is InChI=1S/C23H27N5O/c1-29-21-8-5-19(6-9-21)26-12-14-27(15-13-26)20-7-10-22-18(16-20)17-28(25-22)23-4-2-3-11-24-23/h2-6,8-9,11,17,20H,7,10,12-16H2,1H3. The molecule has 0 bridgehead atoms. The molecule has 6 nitrogen and oxygen atoms in total. The van der Waals surface area contributed by atoms with E-state index >= 15 is 0 Å². The van der Waals surface area contributed by atoms with Gasteiger partial charge in [0.15, 0.2) is 5.82 Å². The summed E-state index contributed by atoms with van der Waals surface area (Å²) in [5.41, 5.74) is 3.90. The van der Waals surface area contributed by atoms with Gasteiger partial charge in [0.25, 0.3) is 0 Å². The molecule has 1 aliphatic carbocycles. The van der Waals surface area contributed by atoms with Crippen LogP contribution in [0.2, 0.25) is 0 Å². The van der Waals surface area contributed by atoms with Crippen LogP contribution in [0.25, 0.3) is 5.82 Å². The van der Waals surface area contributed by atoms with Crippen LogP contribution < -0.4 is 9.64 Å². The number of fused-ring (bicyclic) bond motifs is 1. The lowest BCUT2D eigenvalue weighted by atomic mass is 9.92. The third-order valence-corrected chi connectivity index (χ3v) is 6.20. The largest absolute Gasteiger partial charge is 0.497 e. The van der Waals surface area contributed by atoms with E-state index in [2.05, 4.69) is 33.1 Å². The highest BCUT2D eigenvalue weighted by Crippen LogP contribution is 2.27. The number of anilines is 1. The van der Waals surface area contributed by atoms with Crippen molar-refractivity contribution in [2.45, 2.75) is 25.3 Å². The molecule has 3 heterocycles. The molecule has 5 rings (SSSR count). The van der Waals surface area contributed by atoms with E-state index in [1.807, 2.05) is 41.2 Å². The highest BCUT2D eigenvalue weighted by atomic mass is 16.5. The Kier molecular flexibility index (Phi) is 4.94. The van der Waals surface area contributed by atoms with Crippen molar-refractivity contribution in [1.82, 2.24) is 19.7 Å². The SMILES string of the molecule is COc1ccc(N2CCN(C3CCc4nn(-c5ccccn5)cc4C3)CC2)cc1. The van der Waals surface area contributed by atoms with Gasteiger partial charge in [-0.2, -0.15) is 5.10 Å². The average Bonchev–Trinajstić information content (AvgIpc) is 3.23. The van der Waals surface area contributed by atoms with Crippen LogP contribution in [-0.4, -0.2) is 59.0 Å². The first kappa shape index (κ1) is 18.2. The van der Waals surface area contributed by atoms with Gasteiger partial charge in [0.2, 0.25) is 0 Å². The molecular weight excluding hydrogens is 362 g/mol. The molecule has 0 radical (unpaired) electrons. The highest BCUT2D eigenvalue weighted by molar-refractivity contribution is 5.49. The molecule has 150 valence electrons. The van der Waals surface area contributed by atoms with Gasteiger partial charge < -0.3 is 9.64 Å². The summed E-state index contributed by atoms with van der Waals surface area (Å²) in [4.78, 5) is 9.57. The number of ether oxygens (including phenoxy) is 1. The Morgan fingerprint density at radius 1 is 1.00 bits per heavy atom. The molecule has 2 aromatic heterocycles. The Labute approximate surface area is 171 Å². The topological polar surface area (TPSA) is 46.4 Å². The number of aryl methyl sites for hydroxylation is 1. The number of benzene rings is 1. The van der Waals surface area contributed by atoms with Gasteiger partial charge in [-0.25, -0.2) is 9.67 Å². The second-order valence-corrected chi connectivity index (χ2v) is 7.85. The van der Waals surface area contributed by atoms with Gasteiger partial charge in [-0.05, 0) is 61.2 Å². The van der Waals surface area contributed by atoms with Crippen molar-refractivity contribution in [3.8, 4) is 11.6 Å². The van der Waals surface area contributed by atoms with Gasteiger partial charge in [0.1, 0.15) is 5.75 Å². The third kappa shape index (κ3) is 3.72. The molecule has 0 saturated carbocycles. The summed E-state index contributed by atoms with van der Waals surface area (Å²) >= 11 is 0.